The second kappa shape index (κ2) is 8.39. The van der Waals surface area contributed by atoms with Crippen molar-refractivity contribution in [1.82, 2.24) is 19.7 Å². The average Bonchev–Trinajstić information content (AvgIpc) is 2.96. The number of pyridine rings is 1. The topological polar surface area (TPSA) is 80.6 Å². The third kappa shape index (κ3) is 5.43. The van der Waals surface area contributed by atoms with Gasteiger partial charge < -0.3 is 14.5 Å². The molecule has 2 amide bonds. The van der Waals surface area contributed by atoms with E-state index in [1.54, 1.807) is 50.1 Å². The van der Waals surface area contributed by atoms with Crippen LogP contribution in [-0.4, -0.2) is 57.4 Å². The number of carbonyl (C=O) groups excluding carboxylic acids is 2. The van der Waals surface area contributed by atoms with Crippen LogP contribution in [-0.2, 0) is 9.53 Å². The number of nitrogens with zero attached hydrogens (tertiary/aromatic N) is 5. The predicted molar refractivity (Wildman–Crippen MR) is 103 cm³/mol. The normalized spacial score (nSPS) is 11.2. The summed E-state index contributed by atoms with van der Waals surface area (Å²) in [5, 5.41) is 4.43. The number of likely N-dealkylation sites (N-methyl/N-ethyl adjacent to an activating group) is 2. The van der Waals surface area contributed by atoms with Crippen LogP contribution in [0.1, 0.15) is 27.7 Å². The Balaban J connectivity index is 2.15. The molecule has 0 aliphatic heterocycles. The summed E-state index contributed by atoms with van der Waals surface area (Å²) in [5.74, 6) is -0.293. The average molecular weight is 394 g/mol. The molecule has 9 heteroatoms. The van der Waals surface area contributed by atoms with Gasteiger partial charge in [0.2, 0.25) is 5.91 Å². The van der Waals surface area contributed by atoms with E-state index in [1.807, 2.05) is 13.0 Å². The fourth-order valence-corrected chi connectivity index (χ4v) is 2.55. The molecule has 27 heavy (non-hydrogen) atoms. The van der Waals surface area contributed by atoms with E-state index >= 15 is 0 Å². The molecular weight excluding hydrogens is 370 g/mol. The fourth-order valence-electron chi connectivity index (χ4n) is 2.32. The van der Waals surface area contributed by atoms with Crippen LogP contribution < -0.4 is 4.90 Å². The summed E-state index contributed by atoms with van der Waals surface area (Å²) >= 11 is 6.25. The number of aromatic nitrogens is 3. The molecule has 0 unspecified atom stereocenters. The van der Waals surface area contributed by atoms with Crippen LogP contribution >= 0.6 is 11.6 Å². The zero-order valence-corrected chi connectivity index (χ0v) is 16.9. The van der Waals surface area contributed by atoms with Crippen LogP contribution in [0.4, 0.5) is 10.5 Å². The van der Waals surface area contributed by atoms with Gasteiger partial charge in [0.05, 0.1) is 18.1 Å². The Morgan fingerprint density at radius 1 is 1.33 bits per heavy atom. The van der Waals surface area contributed by atoms with Gasteiger partial charge in [0, 0.05) is 19.8 Å². The van der Waals surface area contributed by atoms with E-state index < -0.39 is 11.7 Å². The van der Waals surface area contributed by atoms with Crippen molar-refractivity contribution in [2.75, 3.05) is 25.0 Å². The lowest BCUT2D eigenvalue weighted by Crippen LogP contribution is -2.43. The highest BCUT2D eigenvalue weighted by Gasteiger charge is 2.25. The van der Waals surface area contributed by atoms with Gasteiger partial charge >= 0.3 is 6.09 Å². The first-order valence-corrected chi connectivity index (χ1v) is 8.90. The lowest BCUT2D eigenvalue weighted by Gasteiger charge is -2.26. The van der Waals surface area contributed by atoms with Crippen molar-refractivity contribution < 1.29 is 14.3 Å². The molecule has 0 bridgehead atoms. The van der Waals surface area contributed by atoms with Crippen molar-refractivity contribution in [3.05, 3.63) is 35.9 Å². The summed E-state index contributed by atoms with van der Waals surface area (Å²) in [6.07, 6.45) is 4.39. The van der Waals surface area contributed by atoms with Crippen molar-refractivity contribution in [2.24, 2.45) is 0 Å². The smallest absolute Gasteiger partial charge is 0.410 e. The molecule has 0 N–H and O–H groups in total. The summed E-state index contributed by atoms with van der Waals surface area (Å²) in [6.45, 7) is 7.36. The second-order valence-electron chi connectivity index (χ2n) is 6.94. The summed E-state index contributed by atoms with van der Waals surface area (Å²) in [4.78, 5) is 31.6. The molecule has 0 aliphatic carbocycles. The minimum Gasteiger partial charge on any atom is -0.444 e. The maximum absolute atomic E-state index is 12.7. The third-order valence-corrected chi connectivity index (χ3v) is 3.82. The fraction of sp³-hybridized carbons (Fsp3) is 0.444. The van der Waals surface area contributed by atoms with Gasteiger partial charge in [-0.25, -0.2) is 9.48 Å². The minimum absolute atomic E-state index is 0.142. The summed E-state index contributed by atoms with van der Waals surface area (Å²) < 4.78 is 6.83. The molecule has 2 rings (SSSR count). The number of ether oxygens (including phenoxy) is 1. The Morgan fingerprint density at radius 2 is 2.04 bits per heavy atom. The molecule has 2 aromatic heterocycles. The van der Waals surface area contributed by atoms with Crippen LogP contribution in [0, 0.1) is 0 Å². The molecule has 0 saturated carbocycles. The molecule has 2 heterocycles. The lowest BCUT2D eigenvalue weighted by atomic mass is 10.2. The van der Waals surface area contributed by atoms with E-state index in [-0.39, 0.29) is 17.6 Å². The number of anilines is 1. The second-order valence-corrected chi connectivity index (χ2v) is 7.29. The van der Waals surface area contributed by atoms with Gasteiger partial charge in [-0.2, -0.15) is 5.10 Å². The molecule has 0 atom stereocenters. The van der Waals surface area contributed by atoms with Crippen LogP contribution in [0.3, 0.4) is 0 Å². The Bertz CT molecular complexity index is 801. The highest BCUT2D eigenvalue weighted by atomic mass is 35.5. The van der Waals surface area contributed by atoms with Gasteiger partial charge in [0.15, 0.2) is 5.15 Å². The van der Waals surface area contributed by atoms with Crippen LogP contribution in [0.5, 0.6) is 0 Å². The van der Waals surface area contributed by atoms with Gasteiger partial charge in [0.25, 0.3) is 0 Å². The highest BCUT2D eigenvalue weighted by molar-refractivity contribution is 6.32. The van der Waals surface area contributed by atoms with Gasteiger partial charge in [-0.1, -0.05) is 11.6 Å². The van der Waals surface area contributed by atoms with Crippen LogP contribution in [0.25, 0.3) is 5.69 Å². The molecule has 0 saturated heterocycles. The first kappa shape index (κ1) is 20.7. The predicted octanol–water partition coefficient (Wildman–Crippen LogP) is 3.14. The first-order valence-electron chi connectivity index (χ1n) is 8.52. The van der Waals surface area contributed by atoms with Crippen LogP contribution in [0.15, 0.2) is 30.7 Å². The quantitative estimate of drug-likeness (QED) is 0.779. The summed E-state index contributed by atoms with van der Waals surface area (Å²) in [7, 11) is 1.51. The summed E-state index contributed by atoms with van der Waals surface area (Å²) in [6, 6.07) is 3.61. The molecule has 2 aromatic rings. The number of amides is 2. The largest absolute Gasteiger partial charge is 0.444 e. The number of hydrogen-bond acceptors (Lipinski definition) is 5. The lowest BCUT2D eigenvalue weighted by molar-refractivity contribution is -0.119. The van der Waals surface area contributed by atoms with Gasteiger partial charge in [-0.05, 0) is 39.8 Å². The molecule has 0 radical (unpaired) electrons. The molecule has 8 nitrogen and oxygen atoms in total. The van der Waals surface area contributed by atoms with Crippen molar-refractivity contribution >= 4 is 29.3 Å². The first-order chi connectivity index (χ1) is 12.6. The van der Waals surface area contributed by atoms with E-state index in [2.05, 4.69) is 10.1 Å². The Hall–Kier alpha value is -2.61. The van der Waals surface area contributed by atoms with Crippen molar-refractivity contribution in [3.63, 3.8) is 0 Å². The Labute approximate surface area is 163 Å². The number of hydrogen-bond donors (Lipinski definition) is 0. The monoisotopic (exact) mass is 393 g/mol. The standard InChI is InChI=1S/C18H24ClN5O3/c1-6-23(15(25)12-22(5)17(26)27-18(2,3)4)14-11-24(21-16(14)19)13-8-7-9-20-10-13/h7-11H,6,12H2,1-5H3. The maximum atomic E-state index is 12.7. The zero-order chi connectivity index (χ0) is 20.2. The SMILES string of the molecule is CCN(C(=O)CN(C)C(=O)OC(C)(C)C)c1cn(-c2cccnc2)nc1Cl. The van der Waals surface area contributed by atoms with E-state index in [9.17, 15) is 9.59 Å². The Morgan fingerprint density at radius 3 is 2.59 bits per heavy atom. The van der Waals surface area contributed by atoms with Gasteiger partial charge in [0.1, 0.15) is 17.8 Å². The number of halogens is 1. The van der Waals surface area contributed by atoms with Crippen molar-refractivity contribution in [2.45, 2.75) is 33.3 Å². The molecule has 0 fully saturated rings. The van der Waals surface area contributed by atoms with Gasteiger partial charge in [-0.3, -0.25) is 9.78 Å². The molecular formula is C18H24ClN5O3. The maximum Gasteiger partial charge on any atom is 0.410 e. The number of rotatable bonds is 5. The summed E-state index contributed by atoms with van der Waals surface area (Å²) in [5.41, 5.74) is 0.554. The molecule has 0 spiro atoms. The molecule has 146 valence electrons. The number of carbonyl (C=O) groups is 2. The van der Waals surface area contributed by atoms with E-state index in [1.165, 1.54) is 16.8 Å². The van der Waals surface area contributed by atoms with E-state index in [4.69, 9.17) is 16.3 Å². The zero-order valence-electron chi connectivity index (χ0n) is 16.1. The molecule has 0 aliphatic rings. The Kier molecular flexibility index (Phi) is 6.43. The van der Waals surface area contributed by atoms with Crippen molar-refractivity contribution in [3.8, 4) is 5.69 Å². The van der Waals surface area contributed by atoms with E-state index in [0.29, 0.717) is 12.2 Å². The van der Waals surface area contributed by atoms with Crippen molar-refractivity contribution in [1.29, 1.82) is 0 Å². The van der Waals surface area contributed by atoms with Gasteiger partial charge in [-0.15, -0.1) is 0 Å². The van der Waals surface area contributed by atoms with Crippen LogP contribution in [0.2, 0.25) is 5.15 Å². The molecule has 0 aromatic carbocycles. The minimum atomic E-state index is -0.632. The highest BCUT2D eigenvalue weighted by Crippen LogP contribution is 2.26. The van der Waals surface area contributed by atoms with E-state index in [0.717, 1.165) is 5.69 Å². The third-order valence-electron chi connectivity index (χ3n) is 3.55.